The van der Waals surface area contributed by atoms with E-state index in [0.29, 0.717) is 17.9 Å². The first kappa shape index (κ1) is 23.2. The Morgan fingerprint density at radius 1 is 0.733 bits per heavy atom. The molecule has 0 spiro atoms. The molecule has 1 aromatic rings. The van der Waals surface area contributed by atoms with Crippen molar-refractivity contribution in [2.45, 2.75) is 99.0 Å². The van der Waals surface area contributed by atoms with E-state index in [1.807, 2.05) is 0 Å². The van der Waals surface area contributed by atoms with Gasteiger partial charge in [0.05, 0.1) is 6.67 Å². The highest BCUT2D eigenvalue weighted by molar-refractivity contribution is 5.64. The Balaban J connectivity index is 1.95. The third kappa shape index (κ3) is 4.73. The van der Waals surface area contributed by atoms with E-state index in [1.54, 1.807) is 0 Å². The SMILES string of the molecule is CC(C)c1cccc(C(C)C)c1N1C=CN(C2C(C(C)C)CCCCC2C(C)C)C1. The van der Waals surface area contributed by atoms with Crippen LogP contribution in [0.15, 0.2) is 30.6 Å². The lowest BCUT2D eigenvalue weighted by Gasteiger charge is -2.43. The molecule has 0 saturated heterocycles. The zero-order valence-corrected chi connectivity index (χ0v) is 20.9. The molecule has 2 aliphatic rings. The molecule has 0 amide bonds. The zero-order valence-electron chi connectivity index (χ0n) is 20.9. The van der Waals surface area contributed by atoms with E-state index in [9.17, 15) is 0 Å². The number of benzene rings is 1. The van der Waals surface area contributed by atoms with Gasteiger partial charge in [0.2, 0.25) is 0 Å². The highest BCUT2D eigenvalue weighted by Gasteiger charge is 2.39. The molecule has 1 saturated carbocycles. The van der Waals surface area contributed by atoms with Crippen LogP contribution in [0.1, 0.15) is 104 Å². The van der Waals surface area contributed by atoms with Gasteiger partial charge in [-0.05, 0) is 59.5 Å². The van der Waals surface area contributed by atoms with Crippen LogP contribution in [0, 0.1) is 23.7 Å². The standard InChI is InChI=1S/C28H46N2/c1-19(2)23-12-9-10-13-24(20(3)4)27(23)29-16-17-30(18-29)28-25(21(5)6)14-11-15-26(28)22(7)8/h11,14-17,19-24,27H,9-10,12-13,18H2,1-8H3. The quantitative estimate of drug-likeness (QED) is 0.439. The molecule has 1 aromatic carbocycles. The van der Waals surface area contributed by atoms with Crippen molar-refractivity contribution in [3.05, 3.63) is 41.7 Å². The van der Waals surface area contributed by atoms with Gasteiger partial charge in [-0.3, -0.25) is 0 Å². The van der Waals surface area contributed by atoms with E-state index < -0.39 is 0 Å². The summed E-state index contributed by atoms with van der Waals surface area (Å²) < 4.78 is 0. The van der Waals surface area contributed by atoms with Crippen LogP contribution in [0.2, 0.25) is 0 Å². The second-order valence-electron chi connectivity index (χ2n) is 11.1. The number of para-hydroxylation sites is 1. The normalized spacial score (nSPS) is 25.3. The Kier molecular flexibility index (Phi) is 7.58. The van der Waals surface area contributed by atoms with Crippen molar-refractivity contribution in [2.75, 3.05) is 11.6 Å². The maximum absolute atomic E-state index is 2.71. The summed E-state index contributed by atoms with van der Waals surface area (Å²) in [5, 5.41) is 0. The zero-order chi connectivity index (χ0) is 22.0. The summed E-state index contributed by atoms with van der Waals surface area (Å²) in [6.07, 6.45) is 10.4. The van der Waals surface area contributed by atoms with Gasteiger partial charge in [-0.15, -0.1) is 0 Å². The highest BCUT2D eigenvalue weighted by Crippen LogP contribution is 2.42. The van der Waals surface area contributed by atoms with Crippen LogP contribution in [0.3, 0.4) is 0 Å². The predicted octanol–water partition coefficient (Wildman–Crippen LogP) is 7.97. The summed E-state index contributed by atoms with van der Waals surface area (Å²) >= 11 is 0. The fourth-order valence-electron chi connectivity index (χ4n) is 5.98. The molecule has 2 heteroatoms. The molecule has 30 heavy (non-hydrogen) atoms. The van der Waals surface area contributed by atoms with E-state index in [-0.39, 0.29) is 0 Å². The van der Waals surface area contributed by atoms with E-state index in [1.165, 1.54) is 42.5 Å². The van der Waals surface area contributed by atoms with Gasteiger partial charge in [0, 0.05) is 24.1 Å². The van der Waals surface area contributed by atoms with Crippen molar-refractivity contribution in [3.63, 3.8) is 0 Å². The van der Waals surface area contributed by atoms with Gasteiger partial charge in [0.15, 0.2) is 0 Å². The van der Waals surface area contributed by atoms with E-state index >= 15 is 0 Å². The molecule has 1 aliphatic carbocycles. The molecule has 0 aromatic heterocycles. The lowest BCUT2D eigenvalue weighted by Crippen LogP contribution is -2.46. The molecule has 2 unspecified atom stereocenters. The van der Waals surface area contributed by atoms with Crippen molar-refractivity contribution < 1.29 is 0 Å². The Morgan fingerprint density at radius 3 is 1.67 bits per heavy atom. The van der Waals surface area contributed by atoms with Gasteiger partial charge < -0.3 is 9.80 Å². The third-order valence-corrected chi connectivity index (χ3v) is 7.68. The largest absolute Gasteiger partial charge is 0.355 e. The summed E-state index contributed by atoms with van der Waals surface area (Å²) in [6, 6.07) is 7.58. The molecule has 2 atom stereocenters. The van der Waals surface area contributed by atoms with Crippen LogP contribution in [-0.2, 0) is 0 Å². The lowest BCUT2D eigenvalue weighted by atomic mass is 9.75. The number of rotatable bonds is 6. The van der Waals surface area contributed by atoms with Crippen LogP contribution < -0.4 is 4.90 Å². The predicted molar refractivity (Wildman–Crippen MR) is 132 cm³/mol. The Bertz CT molecular complexity index is 671. The first-order valence-electron chi connectivity index (χ1n) is 12.6. The molecule has 1 aliphatic heterocycles. The molecule has 0 bridgehead atoms. The smallest absolute Gasteiger partial charge is 0.0945 e. The second kappa shape index (κ2) is 9.79. The molecule has 1 fully saturated rings. The van der Waals surface area contributed by atoms with Crippen LogP contribution in [-0.4, -0.2) is 17.6 Å². The summed E-state index contributed by atoms with van der Waals surface area (Å²) in [5.41, 5.74) is 4.42. The number of anilines is 1. The van der Waals surface area contributed by atoms with Gasteiger partial charge in [0.25, 0.3) is 0 Å². The van der Waals surface area contributed by atoms with Crippen LogP contribution >= 0.6 is 0 Å². The molecule has 0 N–H and O–H groups in total. The molecule has 168 valence electrons. The topological polar surface area (TPSA) is 6.48 Å². The maximum Gasteiger partial charge on any atom is 0.0945 e. The molecular formula is C28H46N2. The molecule has 3 rings (SSSR count). The Labute approximate surface area is 186 Å². The number of hydrogen-bond donors (Lipinski definition) is 0. The minimum absolute atomic E-state index is 0.533. The summed E-state index contributed by atoms with van der Waals surface area (Å²) in [4.78, 5) is 5.26. The Hall–Kier alpha value is -1.44. The summed E-state index contributed by atoms with van der Waals surface area (Å²) in [5.74, 6) is 4.12. The van der Waals surface area contributed by atoms with Gasteiger partial charge >= 0.3 is 0 Å². The average Bonchev–Trinajstić information content (AvgIpc) is 3.05. The van der Waals surface area contributed by atoms with Crippen molar-refractivity contribution in [1.29, 1.82) is 0 Å². The van der Waals surface area contributed by atoms with Crippen LogP contribution in [0.25, 0.3) is 0 Å². The van der Waals surface area contributed by atoms with Gasteiger partial charge in [-0.2, -0.15) is 0 Å². The van der Waals surface area contributed by atoms with Gasteiger partial charge in [0.1, 0.15) is 0 Å². The van der Waals surface area contributed by atoms with E-state index in [2.05, 4.69) is 95.8 Å². The fraction of sp³-hybridized carbons (Fsp3) is 0.714. The maximum atomic E-state index is 2.71. The van der Waals surface area contributed by atoms with Crippen molar-refractivity contribution in [2.24, 2.45) is 23.7 Å². The first-order chi connectivity index (χ1) is 14.2. The Morgan fingerprint density at radius 2 is 1.23 bits per heavy atom. The van der Waals surface area contributed by atoms with Gasteiger partial charge in [-0.1, -0.05) is 86.4 Å². The fourth-order valence-corrected chi connectivity index (χ4v) is 5.98. The second-order valence-corrected chi connectivity index (χ2v) is 11.1. The minimum Gasteiger partial charge on any atom is -0.355 e. The average molecular weight is 411 g/mol. The third-order valence-electron chi connectivity index (χ3n) is 7.68. The van der Waals surface area contributed by atoms with E-state index in [0.717, 1.165) is 30.3 Å². The van der Waals surface area contributed by atoms with Crippen molar-refractivity contribution in [1.82, 2.24) is 4.90 Å². The number of hydrogen-bond acceptors (Lipinski definition) is 2. The van der Waals surface area contributed by atoms with Crippen molar-refractivity contribution in [3.8, 4) is 0 Å². The first-order valence-corrected chi connectivity index (χ1v) is 12.6. The van der Waals surface area contributed by atoms with Crippen LogP contribution in [0.5, 0.6) is 0 Å². The summed E-state index contributed by atoms with van der Waals surface area (Å²) in [6.45, 7) is 20.1. The van der Waals surface area contributed by atoms with Crippen molar-refractivity contribution >= 4 is 5.69 Å². The summed E-state index contributed by atoms with van der Waals surface area (Å²) in [7, 11) is 0. The highest BCUT2D eigenvalue weighted by atomic mass is 15.4. The minimum atomic E-state index is 0.533. The molecule has 2 nitrogen and oxygen atoms in total. The molecule has 1 heterocycles. The van der Waals surface area contributed by atoms with Crippen LogP contribution in [0.4, 0.5) is 5.69 Å². The molecular weight excluding hydrogens is 364 g/mol. The number of nitrogens with zero attached hydrogens (tertiary/aromatic N) is 2. The van der Waals surface area contributed by atoms with E-state index in [4.69, 9.17) is 0 Å². The lowest BCUT2D eigenvalue weighted by molar-refractivity contribution is 0.0918. The monoisotopic (exact) mass is 410 g/mol. The van der Waals surface area contributed by atoms with Gasteiger partial charge in [-0.25, -0.2) is 0 Å². The molecule has 0 radical (unpaired) electrons.